The van der Waals surface area contributed by atoms with E-state index < -0.39 is 0 Å². The summed E-state index contributed by atoms with van der Waals surface area (Å²) in [4.78, 5) is 14.6. The molecule has 0 bridgehead atoms. The van der Waals surface area contributed by atoms with E-state index in [4.69, 9.17) is 11.6 Å². The number of amides is 1. The van der Waals surface area contributed by atoms with Gasteiger partial charge in [-0.05, 0) is 30.0 Å². The molecule has 20 heavy (non-hydrogen) atoms. The molecule has 0 radical (unpaired) electrons. The molecular formula is C16H22ClNO2. The summed E-state index contributed by atoms with van der Waals surface area (Å²) in [6, 6.07) is 7.54. The first-order valence-electron chi connectivity index (χ1n) is 7.18. The molecule has 4 heteroatoms. The van der Waals surface area contributed by atoms with E-state index >= 15 is 0 Å². The van der Waals surface area contributed by atoms with E-state index in [0.717, 1.165) is 18.5 Å². The van der Waals surface area contributed by atoms with Crippen molar-refractivity contribution in [1.82, 2.24) is 4.90 Å². The van der Waals surface area contributed by atoms with E-state index in [1.807, 2.05) is 29.2 Å². The number of hydrogen-bond donors (Lipinski definition) is 1. The van der Waals surface area contributed by atoms with E-state index in [2.05, 4.69) is 13.8 Å². The normalized spacial score (nSPS) is 20.4. The summed E-state index contributed by atoms with van der Waals surface area (Å²) in [5.41, 5.74) is 1.02. The monoisotopic (exact) mass is 295 g/mol. The second-order valence-electron chi connectivity index (χ2n) is 5.89. The topological polar surface area (TPSA) is 40.5 Å². The lowest BCUT2D eigenvalue weighted by Crippen LogP contribution is -2.35. The quantitative estimate of drug-likeness (QED) is 0.928. The van der Waals surface area contributed by atoms with Gasteiger partial charge in [-0.25, -0.2) is 0 Å². The maximum Gasteiger partial charge on any atom is 0.230 e. The number of rotatable bonds is 4. The minimum atomic E-state index is -0.135. The molecule has 1 aliphatic rings. The minimum Gasteiger partial charge on any atom is -0.396 e. The number of nitrogens with zero attached hydrogens (tertiary/aromatic N) is 1. The Morgan fingerprint density at radius 1 is 1.40 bits per heavy atom. The molecule has 2 atom stereocenters. The molecule has 1 aliphatic heterocycles. The summed E-state index contributed by atoms with van der Waals surface area (Å²) in [5.74, 6) is 0.497. The highest BCUT2D eigenvalue weighted by molar-refractivity contribution is 6.30. The maximum atomic E-state index is 12.7. The van der Waals surface area contributed by atoms with Gasteiger partial charge in [-0.15, -0.1) is 0 Å². The third kappa shape index (κ3) is 3.33. The third-order valence-electron chi connectivity index (χ3n) is 4.02. The van der Waals surface area contributed by atoms with Crippen molar-refractivity contribution in [2.75, 3.05) is 19.7 Å². The van der Waals surface area contributed by atoms with Crippen LogP contribution in [0.5, 0.6) is 0 Å². The number of halogens is 1. The summed E-state index contributed by atoms with van der Waals surface area (Å²) in [6.07, 6.45) is 0.897. The van der Waals surface area contributed by atoms with E-state index in [1.165, 1.54) is 0 Å². The van der Waals surface area contributed by atoms with Gasteiger partial charge in [0.25, 0.3) is 0 Å². The van der Waals surface area contributed by atoms with Crippen molar-refractivity contribution in [3.05, 3.63) is 34.9 Å². The van der Waals surface area contributed by atoms with Crippen LogP contribution < -0.4 is 0 Å². The fraction of sp³-hybridized carbons (Fsp3) is 0.562. The molecule has 1 fully saturated rings. The third-order valence-corrected chi connectivity index (χ3v) is 4.27. The molecule has 0 aromatic heterocycles. The lowest BCUT2D eigenvalue weighted by molar-refractivity contribution is -0.133. The zero-order chi connectivity index (χ0) is 14.7. The zero-order valence-corrected chi connectivity index (χ0v) is 12.8. The van der Waals surface area contributed by atoms with Gasteiger partial charge in [-0.3, -0.25) is 4.79 Å². The maximum absolute atomic E-state index is 12.7. The predicted molar refractivity (Wildman–Crippen MR) is 80.8 cm³/mol. The highest BCUT2D eigenvalue weighted by Gasteiger charge is 2.32. The molecule has 0 aliphatic carbocycles. The van der Waals surface area contributed by atoms with Gasteiger partial charge in [0.05, 0.1) is 5.92 Å². The fourth-order valence-corrected chi connectivity index (χ4v) is 2.99. The van der Waals surface area contributed by atoms with E-state index in [1.54, 1.807) is 0 Å². The average molecular weight is 296 g/mol. The van der Waals surface area contributed by atoms with Crippen LogP contribution in [0.2, 0.25) is 5.02 Å². The molecule has 2 unspecified atom stereocenters. The zero-order valence-electron chi connectivity index (χ0n) is 12.1. The van der Waals surface area contributed by atoms with Crippen molar-refractivity contribution in [1.29, 1.82) is 0 Å². The first-order chi connectivity index (χ1) is 9.52. The van der Waals surface area contributed by atoms with Gasteiger partial charge in [-0.1, -0.05) is 37.6 Å². The largest absolute Gasteiger partial charge is 0.396 e. The van der Waals surface area contributed by atoms with Crippen LogP contribution >= 0.6 is 11.6 Å². The van der Waals surface area contributed by atoms with Crippen molar-refractivity contribution in [3.63, 3.8) is 0 Å². The Labute approximate surface area is 125 Å². The number of hydrogen-bond acceptors (Lipinski definition) is 2. The molecule has 0 saturated carbocycles. The van der Waals surface area contributed by atoms with Crippen LogP contribution in [0.15, 0.2) is 24.3 Å². The lowest BCUT2D eigenvalue weighted by atomic mass is 9.87. The van der Waals surface area contributed by atoms with Crippen LogP contribution in [0.3, 0.4) is 0 Å². The summed E-state index contributed by atoms with van der Waals surface area (Å²) in [7, 11) is 0. The van der Waals surface area contributed by atoms with Crippen LogP contribution in [-0.2, 0) is 4.79 Å². The van der Waals surface area contributed by atoms with E-state index in [0.29, 0.717) is 11.6 Å². The molecule has 110 valence electrons. The van der Waals surface area contributed by atoms with Crippen molar-refractivity contribution in [2.24, 2.45) is 11.8 Å². The lowest BCUT2D eigenvalue weighted by Gasteiger charge is -2.26. The number of benzene rings is 1. The Hall–Kier alpha value is -1.06. The van der Waals surface area contributed by atoms with Gasteiger partial charge >= 0.3 is 0 Å². The van der Waals surface area contributed by atoms with Crippen molar-refractivity contribution >= 4 is 17.5 Å². The van der Waals surface area contributed by atoms with Gasteiger partial charge in [0.1, 0.15) is 0 Å². The molecule has 0 spiro atoms. The van der Waals surface area contributed by atoms with Gasteiger partial charge in [0, 0.05) is 30.6 Å². The van der Waals surface area contributed by atoms with Gasteiger partial charge in [-0.2, -0.15) is 0 Å². The Balaban J connectivity index is 2.16. The van der Waals surface area contributed by atoms with Crippen LogP contribution in [0.1, 0.15) is 31.7 Å². The Morgan fingerprint density at radius 2 is 2.05 bits per heavy atom. The Bertz CT molecular complexity index is 458. The molecule has 1 saturated heterocycles. The molecule has 2 rings (SSSR count). The van der Waals surface area contributed by atoms with E-state index in [9.17, 15) is 9.90 Å². The average Bonchev–Trinajstić information content (AvgIpc) is 2.89. The molecule has 1 aromatic carbocycles. The number of likely N-dealkylation sites (tertiary alicyclic amines) is 1. The van der Waals surface area contributed by atoms with E-state index in [-0.39, 0.29) is 30.3 Å². The summed E-state index contributed by atoms with van der Waals surface area (Å²) >= 11 is 5.92. The number of aliphatic hydroxyl groups is 1. The van der Waals surface area contributed by atoms with Crippen LogP contribution in [0.4, 0.5) is 0 Å². The molecule has 3 nitrogen and oxygen atoms in total. The minimum absolute atomic E-state index is 0.135. The molecule has 1 aromatic rings. The fourth-order valence-electron chi connectivity index (χ4n) is 2.86. The van der Waals surface area contributed by atoms with Gasteiger partial charge in [0.2, 0.25) is 5.91 Å². The SMILES string of the molecule is CC(C)C(C(=O)N1CCC(CO)C1)c1ccc(Cl)cc1. The molecule has 1 heterocycles. The highest BCUT2D eigenvalue weighted by Crippen LogP contribution is 2.30. The number of carbonyl (C=O) groups excluding carboxylic acids is 1. The van der Waals surface area contributed by atoms with Crippen molar-refractivity contribution < 1.29 is 9.90 Å². The first kappa shape index (κ1) is 15.3. The predicted octanol–water partition coefficient (Wildman–Crippen LogP) is 2.92. The summed E-state index contributed by atoms with van der Waals surface area (Å²) < 4.78 is 0. The first-order valence-corrected chi connectivity index (χ1v) is 7.55. The molecule has 1 amide bonds. The second kappa shape index (κ2) is 6.59. The standard InChI is InChI=1S/C16H22ClNO2/c1-11(2)15(13-3-5-14(17)6-4-13)16(20)18-8-7-12(9-18)10-19/h3-6,11-12,15,19H,7-10H2,1-2H3. The van der Waals surface area contributed by atoms with Gasteiger partial charge in [0.15, 0.2) is 0 Å². The van der Waals surface area contributed by atoms with Crippen molar-refractivity contribution in [3.8, 4) is 0 Å². The Morgan fingerprint density at radius 3 is 2.55 bits per heavy atom. The summed E-state index contributed by atoms with van der Waals surface area (Å²) in [6.45, 7) is 5.72. The smallest absolute Gasteiger partial charge is 0.230 e. The number of aliphatic hydroxyl groups excluding tert-OH is 1. The van der Waals surface area contributed by atoms with Crippen LogP contribution in [-0.4, -0.2) is 35.6 Å². The number of carbonyl (C=O) groups is 1. The molecule has 1 N–H and O–H groups in total. The molecular weight excluding hydrogens is 274 g/mol. The second-order valence-corrected chi connectivity index (χ2v) is 6.33. The highest BCUT2D eigenvalue weighted by atomic mass is 35.5. The Kier molecular flexibility index (Phi) is 5.06. The summed E-state index contributed by atoms with van der Waals surface area (Å²) in [5, 5.41) is 9.89. The van der Waals surface area contributed by atoms with Crippen molar-refractivity contribution in [2.45, 2.75) is 26.2 Å². The van der Waals surface area contributed by atoms with Gasteiger partial charge < -0.3 is 10.0 Å². The van der Waals surface area contributed by atoms with Crippen LogP contribution in [0, 0.1) is 11.8 Å². The van der Waals surface area contributed by atoms with Crippen LogP contribution in [0.25, 0.3) is 0 Å².